The quantitative estimate of drug-likeness (QED) is 0.595. The average molecular weight is 497 g/mol. The molecule has 7 nitrogen and oxygen atoms in total. The molecule has 2 aromatic rings. The molecule has 1 N–H and O–H groups in total. The molecule has 0 bridgehead atoms. The number of benzene rings is 2. The second kappa shape index (κ2) is 10.3. The minimum Gasteiger partial charge on any atom is -0.495 e. The van der Waals surface area contributed by atoms with E-state index in [2.05, 4.69) is 21.2 Å². The Morgan fingerprint density at radius 2 is 1.90 bits per heavy atom. The first-order valence-electron chi connectivity index (χ1n) is 9.76. The van der Waals surface area contributed by atoms with Crippen LogP contribution in [0.4, 0.5) is 5.69 Å². The zero-order valence-electron chi connectivity index (χ0n) is 16.8. The van der Waals surface area contributed by atoms with Crippen LogP contribution in [0.2, 0.25) is 0 Å². The number of carbonyl (C=O) groups is 1. The molecule has 0 aromatic heterocycles. The Morgan fingerprint density at radius 3 is 2.60 bits per heavy atom. The summed E-state index contributed by atoms with van der Waals surface area (Å²) in [5, 5.41) is 2.74. The molecule has 0 aliphatic carbocycles. The Hall–Kier alpha value is -2.10. The third kappa shape index (κ3) is 5.74. The van der Waals surface area contributed by atoms with Gasteiger partial charge in [0.05, 0.1) is 20.1 Å². The average Bonchev–Trinajstić information content (AvgIpc) is 2.74. The van der Waals surface area contributed by atoms with Crippen molar-refractivity contribution >= 4 is 37.5 Å². The van der Waals surface area contributed by atoms with Crippen molar-refractivity contribution in [2.75, 3.05) is 32.1 Å². The minimum atomic E-state index is -3.69. The third-order valence-electron chi connectivity index (χ3n) is 4.77. The lowest BCUT2D eigenvalue weighted by Crippen LogP contribution is -2.35. The van der Waals surface area contributed by atoms with Gasteiger partial charge in [-0.3, -0.25) is 4.79 Å². The standard InChI is InChI=1S/C21H25BrN2O5S/c1-28-19-9-8-17(15-20(19)30(26,27)24-11-3-2-4-12-24)23-21(25)10-13-29-18-7-5-6-16(22)14-18/h5-9,14-15H,2-4,10-13H2,1H3,(H,23,25). The predicted molar refractivity (Wildman–Crippen MR) is 118 cm³/mol. The molecule has 0 unspecified atom stereocenters. The summed E-state index contributed by atoms with van der Waals surface area (Å²) in [7, 11) is -2.26. The lowest BCUT2D eigenvalue weighted by atomic mass is 10.2. The third-order valence-corrected chi connectivity index (χ3v) is 7.19. The second-order valence-corrected chi connectivity index (χ2v) is 9.76. The predicted octanol–water partition coefficient (Wildman–Crippen LogP) is 4.04. The van der Waals surface area contributed by atoms with Crippen molar-refractivity contribution in [3.05, 3.63) is 46.9 Å². The molecular formula is C21H25BrN2O5S. The summed E-state index contributed by atoms with van der Waals surface area (Å²) in [6.07, 6.45) is 2.85. The highest BCUT2D eigenvalue weighted by atomic mass is 79.9. The Morgan fingerprint density at radius 1 is 1.13 bits per heavy atom. The van der Waals surface area contributed by atoms with Crippen LogP contribution in [0.15, 0.2) is 51.8 Å². The number of ether oxygens (including phenoxy) is 2. The van der Waals surface area contributed by atoms with Crippen LogP contribution < -0.4 is 14.8 Å². The van der Waals surface area contributed by atoms with Gasteiger partial charge in [0.2, 0.25) is 15.9 Å². The van der Waals surface area contributed by atoms with E-state index in [1.165, 1.54) is 17.5 Å². The fraction of sp³-hybridized carbons (Fsp3) is 0.381. The maximum absolute atomic E-state index is 13.1. The van der Waals surface area contributed by atoms with E-state index in [-0.39, 0.29) is 29.6 Å². The fourth-order valence-electron chi connectivity index (χ4n) is 3.24. The molecule has 3 rings (SSSR count). The summed E-state index contributed by atoms with van der Waals surface area (Å²) in [6.45, 7) is 1.20. The van der Waals surface area contributed by atoms with E-state index in [1.807, 2.05) is 24.3 Å². The van der Waals surface area contributed by atoms with Crippen molar-refractivity contribution in [3.63, 3.8) is 0 Å². The molecular weight excluding hydrogens is 472 g/mol. The van der Waals surface area contributed by atoms with E-state index < -0.39 is 10.0 Å². The number of carbonyl (C=O) groups excluding carboxylic acids is 1. The zero-order valence-corrected chi connectivity index (χ0v) is 19.2. The normalized spacial score (nSPS) is 14.9. The summed E-state index contributed by atoms with van der Waals surface area (Å²) in [5.41, 5.74) is 0.402. The van der Waals surface area contributed by atoms with Crippen LogP contribution in [0, 0.1) is 0 Å². The fourth-order valence-corrected chi connectivity index (χ4v) is 5.32. The lowest BCUT2D eigenvalue weighted by Gasteiger charge is -2.26. The van der Waals surface area contributed by atoms with Gasteiger partial charge in [0, 0.05) is 23.2 Å². The summed E-state index contributed by atoms with van der Waals surface area (Å²) in [6, 6.07) is 12.0. The Bertz CT molecular complexity index is 991. The van der Waals surface area contributed by atoms with Crippen LogP contribution in [-0.4, -0.2) is 45.4 Å². The van der Waals surface area contributed by atoms with Gasteiger partial charge in [-0.15, -0.1) is 0 Å². The minimum absolute atomic E-state index is 0.0649. The van der Waals surface area contributed by atoms with Crippen LogP contribution in [0.5, 0.6) is 11.5 Å². The second-order valence-electron chi connectivity index (χ2n) is 6.93. The molecule has 1 aliphatic rings. The number of sulfonamides is 1. The molecule has 2 aromatic carbocycles. The zero-order chi connectivity index (χ0) is 21.6. The van der Waals surface area contributed by atoms with E-state index in [0.717, 1.165) is 23.7 Å². The topological polar surface area (TPSA) is 84.9 Å². The molecule has 0 atom stereocenters. The molecule has 30 heavy (non-hydrogen) atoms. The van der Waals surface area contributed by atoms with Gasteiger partial charge in [-0.2, -0.15) is 4.31 Å². The van der Waals surface area contributed by atoms with E-state index in [1.54, 1.807) is 12.1 Å². The highest BCUT2D eigenvalue weighted by Crippen LogP contribution is 2.31. The van der Waals surface area contributed by atoms with Crippen LogP contribution in [-0.2, 0) is 14.8 Å². The van der Waals surface area contributed by atoms with Crippen molar-refractivity contribution in [2.45, 2.75) is 30.6 Å². The SMILES string of the molecule is COc1ccc(NC(=O)CCOc2cccc(Br)c2)cc1S(=O)(=O)N1CCCCC1. The maximum atomic E-state index is 13.1. The van der Waals surface area contributed by atoms with Crippen molar-refractivity contribution in [1.82, 2.24) is 4.31 Å². The number of nitrogens with zero attached hydrogens (tertiary/aromatic N) is 1. The summed E-state index contributed by atoms with van der Waals surface area (Å²) in [5.74, 6) is 0.657. The largest absolute Gasteiger partial charge is 0.495 e. The number of piperidine rings is 1. The van der Waals surface area contributed by atoms with Crippen LogP contribution in [0.25, 0.3) is 0 Å². The van der Waals surface area contributed by atoms with Gasteiger partial charge in [0.15, 0.2) is 0 Å². The van der Waals surface area contributed by atoms with Gasteiger partial charge < -0.3 is 14.8 Å². The molecule has 1 amide bonds. The highest BCUT2D eigenvalue weighted by molar-refractivity contribution is 9.10. The Balaban J connectivity index is 1.66. The number of methoxy groups -OCH3 is 1. The number of hydrogen-bond donors (Lipinski definition) is 1. The Labute approximate surface area is 185 Å². The molecule has 1 heterocycles. The molecule has 1 saturated heterocycles. The van der Waals surface area contributed by atoms with Gasteiger partial charge >= 0.3 is 0 Å². The number of hydrogen-bond acceptors (Lipinski definition) is 5. The van der Waals surface area contributed by atoms with Crippen LogP contribution >= 0.6 is 15.9 Å². The first-order valence-corrected chi connectivity index (χ1v) is 12.0. The summed E-state index contributed by atoms with van der Waals surface area (Å²) >= 11 is 3.37. The monoisotopic (exact) mass is 496 g/mol. The van der Waals surface area contributed by atoms with Gasteiger partial charge in [0.1, 0.15) is 16.4 Å². The van der Waals surface area contributed by atoms with E-state index in [4.69, 9.17) is 9.47 Å². The molecule has 162 valence electrons. The molecule has 0 radical (unpaired) electrons. The van der Waals surface area contributed by atoms with Crippen molar-refractivity contribution in [2.24, 2.45) is 0 Å². The molecule has 0 saturated carbocycles. The number of amides is 1. The number of rotatable bonds is 8. The van der Waals surface area contributed by atoms with Crippen LogP contribution in [0.1, 0.15) is 25.7 Å². The van der Waals surface area contributed by atoms with Crippen LogP contribution in [0.3, 0.4) is 0 Å². The van der Waals surface area contributed by atoms with Gasteiger partial charge in [-0.1, -0.05) is 28.4 Å². The highest BCUT2D eigenvalue weighted by Gasteiger charge is 2.29. The van der Waals surface area contributed by atoms with Crippen molar-refractivity contribution in [3.8, 4) is 11.5 Å². The van der Waals surface area contributed by atoms with E-state index >= 15 is 0 Å². The number of nitrogens with one attached hydrogen (secondary N) is 1. The Kier molecular flexibility index (Phi) is 7.74. The van der Waals surface area contributed by atoms with E-state index in [9.17, 15) is 13.2 Å². The van der Waals surface area contributed by atoms with E-state index in [0.29, 0.717) is 24.5 Å². The van der Waals surface area contributed by atoms with Crippen molar-refractivity contribution in [1.29, 1.82) is 0 Å². The molecule has 1 aliphatic heterocycles. The van der Waals surface area contributed by atoms with Gasteiger partial charge in [-0.25, -0.2) is 8.42 Å². The molecule has 1 fully saturated rings. The van der Waals surface area contributed by atoms with Gasteiger partial charge in [0.25, 0.3) is 0 Å². The smallest absolute Gasteiger partial charge is 0.246 e. The first-order chi connectivity index (χ1) is 14.4. The molecule has 9 heteroatoms. The summed E-state index contributed by atoms with van der Waals surface area (Å²) < 4.78 is 39.4. The molecule has 0 spiro atoms. The van der Waals surface area contributed by atoms with Gasteiger partial charge in [-0.05, 0) is 49.2 Å². The lowest BCUT2D eigenvalue weighted by molar-refractivity contribution is -0.116. The van der Waals surface area contributed by atoms with Crippen molar-refractivity contribution < 1.29 is 22.7 Å². The number of anilines is 1. The summed E-state index contributed by atoms with van der Waals surface area (Å²) in [4.78, 5) is 12.4. The number of halogens is 1. The first kappa shape index (κ1) is 22.6. The maximum Gasteiger partial charge on any atom is 0.246 e.